The highest BCUT2D eigenvalue weighted by atomic mass is 79.9. The van der Waals surface area contributed by atoms with E-state index in [0.29, 0.717) is 10.7 Å². The van der Waals surface area contributed by atoms with E-state index in [4.69, 9.17) is 0 Å². The van der Waals surface area contributed by atoms with Gasteiger partial charge < -0.3 is 5.11 Å². The van der Waals surface area contributed by atoms with Crippen molar-refractivity contribution in [1.29, 1.82) is 0 Å². The van der Waals surface area contributed by atoms with E-state index in [1.807, 2.05) is 0 Å². The summed E-state index contributed by atoms with van der Waals surface area (Å²) in [4.78, 5) is 0.532. The van der Waals surface area contributed by atoms with Crippen LogP contribution in [0.5, 0.6) is 0 Å². The molecule has 0 aliphatic heterocycles. The largest absolute Gasteiger partial charge is 0.393 e. The van der Waals surface area contributed by atoms with Gasteiger partial charge in [-0.3, -0.25) is 0 Å². The van der Waals surface area contributed by atoms with Crippen LogP contribution in [0.1, 0.15) is 32.6 Å². The minimum absolute atomic E-state index is 0.0770. The molecule has 0 aromatic heterocycles. The molecule has 1 N–H and O–H groups in total. The number of hydrogen-bond acceptors (Lipinski definition) is 1. The number of aliphatic hydroxyl groups excluding tert-OH is 1. The molecule has 1 rings (SSSR count). The standard InChI is InChI=1S/C8H15BrO/c1-6-7(9)4-2-3-5-8(6)10/h6-8,10H,2-5H2,1H3. The van der Waals surface area contributed by atoms with Crippen molar-refractivity contribution in [3.8, 4) is 0 Å². The first-order chi connectivity index (χ1) is 4.72. The summed E-state index contributed by atoms with van der Waals surface area (Å²) in [6.07, 6.45) is 4.58. The Morgan fingerprint density at radius 1 is 1.30 bits per heavy atom. The molecule has 1 saturated carbocycles. The Labute approximate surface area is 70.9 Å². The SMILES string of the molecule is CC1C(O)CCCCC1Br. The lowest BCUT2D eigenvalue weighted by Crippen LogP contribution is -2.22. The summed E-state index contributed by atoms with van der Waals surface area (Å²) in [5, 5.41) is 9.50. The van der Waals surface area contributed by atoms with Crippen LogP contribution in [0.15, 0.2) is 0 Å². The van der Waals surface area contributed by atoms with Gasteiger partial charge in [0.2, 0.25) is 0 Å². The topological polar surface area (TPSA) is 20.2 Å². The molecule has 0 amide bonds. The monoisotopic (exact) mass is 206 g/mol. The van der Waals surface area contributed by atoms with Gasteiger partial charge in [-0.2, -0.15) is 0 Å². The molecule has 0 spiro atoms. The number of hydrogen-bond donors (Lipinski definition) is 1. The molecule has 0 saturated heterocycles. The Bertz CT molecular complexity index is 93.4. The third-order valence-corrected chi connectivity index (χ3v) is 3.70. The van der Waals surface area contributed by atoms with E-state index in [0.717, 1.165) is 6.42 Å². The van der Waals surface area contributed by atoms with E-state index in [1.54, 1.807) is 0 Å². The zero-order chi connectivity index (χ0) is 7.56. The average Bonchev–Trinajstić information content (AvgIpc) is 2.04. The van der Waals surface area contributed by atoms with Gasteiger partial charge in [0.05, 0.1) is 6.10 Å². The van der Waals surface area contributed by atoms with Crippen molar-refractivity contribution >= 4 is 15.9 Å². The predicted molar refractivity (Wildman–Crippen MR) is 46.4 cm³/mol. The van der Waals surface area contributed by atoms with Crippen molar-refractivity contribution in [2.75, 3.05) is 0 Å². The summed E-state index contributed by atoms with van der Waals surface area (Å²) in [6.45, 7) is 2.12. The Balaban J connectivity index is 2.46. The second kappa shape index (κ2) is 3.72. The van der Waals surface area contributed by atoms with Gasteiger partial charge in [-0.25, -0.2) is 0 Å². The third kappa shape index (κ3) is 1.96. The van der Waals surface area contributed by atoms with Crippen LogP contribution >= 0.6 is 15.9 Å². The van der Waals surface area contributed by atoms with Gasteiger partial charge >= 0.3 is 0 Å². The van der Waals surface area contributed by atoms with Crippen molar-refractivity contribution in [3.05, 3.63) is 0 Å². The van der Waals surface area contributed by atoms with Crippen LogP contribution in [0, 0.1) is 5.92 Å². The van der Waals surface area contributed by atoms with Gasteiger partial charge in [-0.1, -0.05) is 35.7 Å². The molecule has 0 aromatic carbocycles. The number of halogens is 1. The quantitative estimate of drug-likeness (QED) is 0.477. The van der Waals surface area contributed by atoms with Gasteiger partial charge in [0, 0.05) is 4.83 Å². The summed E-state index contributed by atoms with van der Waals surface area (Å²) in [6, 6.07) is 0. The van der Waals surface area contributed by atoms with Crippen LogP contribution in [0.25, 0.3) is 0 Å². The van der Waals surface area contributed by atoms with Crippen molar-refractivity contribution < 1.29 is 5.11 Å². The molecule has 3 unspecified atom stereocenters. The molecule has 0 aromatic rings. The second-order valence-corrected chi connectivity index (χ2v) is 4.40. The van der Waals surface area contributed by atoms with Crippen molar-refractivity contribution in [3.63, 3.8) is 0 Å². The third-order valence-electron chi connectivity index (χ3n) is 2.41. The highest BCUT2D eigenvalue weighted by Crippen LogP contribution is 2.28. The zero-order valence-corrected chi connectivity index (χ0v) is 7.97. The van der Waals surface area contributed by atoms with Crippen molar-refractivity contribution in [1.82, 2.24) is 0 Å². The summed E-state index contributed by atoms with van der Waals surface area (Å²) >= 11 is 3.58. The maximum atomic E-state index is 9.50. The fraction of sp³-hybridized carbons (Fsp3) is 1.00. The number of rotatable bonds is 0. The first-order valence-corrected chi connectivity index (χ1v) is 4.95. The molecule has 10 heavy (non-hydrogen) atoms. The molecular formula is C8H15BrO. The molecule has 0 heterocycles. The predicted octanol–water partition coefficient (Wildman–Crippen LogP) is 2.32. The molecule has 0 bridgehead atoms. The molecule has 2 heteroatoms. The van der Waals surface area contributed by atoms with Crippen molar-refractivity contribution in [2.45, 2.75) is 43.5 Å². The van der Waals surface area contributed by atoms with Crippen LogP contribution < -0.4 is 0 Å². The fourth-order valence-electron chi connectivity index (χ4n) is 1.46. The first kappa shape index (κ1) is 8.54. The smallest absolute Gasteiger partial charge is 0.0576 e. The molecule has 3 atom stereocenters. The van der Waals surface area contributed by atoms with E-state index >= 15 is 0 Å². The summed E-state index contributed by atoms with van der Waals surface area (Å²) in [5.41, 5.74) is 0. The van der Waals surface area contributed by atoms with E-state index in [1.165, 1.54) is 19.3 Å². The summed E-state index contributed by atoms with van der Waals surface area (Å²) < 4.78 is 0. The molecule has 1 nitrogen and oxygen atoms in total. The van der Waals surface area contributed by atoms with Crippen molar-refractivity contribution in [2.24, 2.45) is 5.92 Å². The van der Waals surface area contributed by atoms with Crippen LogP contribution in [-0.4, -0.2) is 16.0 Å². The highest BCUT2D eigenvalue weighted by Gasteiger charge is 2.24. The summed E-state index contributed by atoms with van der Waals surface area (Å²) in [5.74, 6) is 0.433. The first-order valence-electron chi connectivity index (χ1n) is 4.04. The molecule has 1 aliphatic carbocycles. The molecule has 60 valence electrons. The maximum Gasteiger partial charge on any atom is 0.0576 e. The van der Waals surface area contributed by atoms with E-state index < -0.39 is 0 Å². The second-order valence-electron chi connectivity index (χ2n) is 3.23. The average molecular weight is 207 g/mol. The van der Waals surface area contributed by atoms with Crippen LogP contribution in [0.4, 0.5) is 0 Å². The van der Waals surface area contributed by atoms with Gasteiger partial charge in [-0.15, -0.1) is 0 Å². The minimum Gasteiger partial charge on any atom is -0.393 e. The summed E-state index contributed by atoms with van der Waals surface area (Å²) in [7, 11) is 0. The minimum atomic E-state index is -0.0770. The van der Waals surface area contributed by atoms with Gasteiger partial charge in [0.25, 0.3) is 0 Å². The highest BCUT2D eigenvalue weighted by molar-refractivity contribution is 9.09. The Hall–Kier alpha value is 0.440. The van der Waals surface area contributed by atoms with Crippen LogP contribution in [-0.2, 0) is 0 Å². The van der Waals surface area contributed by atoms with E-state index in [-0.39, 0.29) is 6.10 Å². The van der Waals surface area contributed by atoms with Gasteiger partial charge in [0.1, 0.15) is 0 Å². The Kier molecular flexibility index (Phi) is 3.18. The number of alkyl halides is 1. The lowest BCUT2D eigenvalue weighted by Gasteiger charge is -2.19. The van der Waals surface area contributed by atoms with E-state index in [9.17, 15) is 5.11 Å². The maximum absolute atomic E-state index is 9.50. The number of aliphatic hydroxyl groups is 1. The zero-order valence-electron chi connectivity index (χ0n) is 6.39. The van der Waals surface area contributed by atoms with Crippen LogP contribution in [0.2, 0.25) is 0 Å². The fourth-order valence-corrected chi connectivity index (χ4v) is 2.14. The Morgan fingerprint density at radius 3 is 2.60 bits per heavy atom. The lowest BCUT2D eigenvalue weighted by atomic mass is 10.0. The van der Waals surface area contributed by atoms with Gasteiger partial charge in [0.15, 0.2) is 0 Å². The normalized spacial score (nSPS) is 42.9. The van der Waals surface area contributed by atoms with Crippen LogP contribution in [0.3, 0.4) is 0 Å². The van der Waals surface area contributed by atoms with E-state index in [2.05, 4.69) is 22.9 Å². The van der Waals surface area contributed by atoms with Gasteiger partial charge in [-0.05, 0) is 18.8 Å². The Morgan fingerprint density at radius 2 is 1.90 bits per heavy atom. The molecule has 0 radical (unpaired) electrons. The lowest BCUT2D eigenvalue weighted by molar-refractivity contribution is 0.113. The molecule has 1 fully saturated rings. The molecule has 1 aliphatic rings. The molecular weight excluding hydrogens is 192 g/mol.